The molecule has 0 saturated carbocycles. The van der Waals surface area contributed by atoms with Crippen LogP contribution in [0.25, 0.3) is 0 Å². The molecule has 0 unspecified atom stereocenters. The highest BCUT2D eigenvalue weighted by Crippen LogP contribution is 1.96. The maximum Gasteiger partial charge on any atom is 0.176 e. The summed E-state index contributed by atoms with van der Waals surface area (Å²) < 4.78 is 4.98. The van der Waals surface area contributed by atoms with Crippen molar-refractivity contribution in [3.63, 3.8) is 0 Å². The van der Waals surface area contributed by atoms with Crippen molar-refractivity contribution in [2.24, 2.45) is 0 Å². The molecule has 1 rings (SSSR count). The second kappa shape index (κ2) is 4.40. The van der Waals surface area contributed by atoms with Crippen LogP contribution in [0.1, 0.15) is 25.5 Å². The quantitative estimate of drug-likeness (QED) is 0.622. The maximum atomic E-state index is 10.5. The molecule has 12 heavy (non-hydrogen) atoms. The minimum atomic E-state index is 0.170. The lowest BCUT2D eigenvalue weighted by Gasteiger charge is -1.83. The summed E-state index contributed by atoms with van der Waals surface area (Å²) in [7, 11) is 0. The number of hydrogen-bond acceptors (Lipinski definition) is 2. The minimum Gasteiger partial charge on any atom is -0.456 e. The van der Waals surface area contributed by atoms with Gasteiger partial charge < -0.3 is 4.42 Å². The molecule has 2 nitrogen and oxygen atoms in total. The van der Waals surface area contributed by atoms with Gasteiger partial charge in [-0.05, 0) is 25.0 Å². The van der Waals surface area contributed by atoms with Gasteiger partial charge in [-0.1, -0.05) is 5.92 Å². The third-order valence-corrected chi connectivity index (χ3v) is 1.33. The fraction of sp³-hybridized carbons (Fsp3) is 0.300. The molecule has 0 atom stereocenters. The zero-order valence-corrected chi connectivity index (χ0v) is 6.96. The molecule has 62 valence electrons. The molecule has 1 aromatic heterocycles. The number of carbonyl (C=O) groups excluding carboxylic acids is 1. The average molecular weight is 162 g/mol. The molecule has 0 bridgehead atoms. The van der Waals surface area contributed by atoms with Gasteiger partial charge in [-0.15, -0.1) is 0 Å². The first-order valence-corrected chi connectivity index (χ1v) is 3.81. The van der Waals surface area contributed by atoms with Gasteiger partial charge in [0, 0.05) is 12.8 Å². The maximum absolute atomic E-state index is 10.5. The van der Waals surface area contributed by atoms with Gasteiger partial charge in [0.25, 0.3) is 0 Å². The van der Waals surface area contributed by atoms with Crippen LogP contribution in [0.3, 0.4) is 0 Å². The van der Waals surface area contributed by atoms with Crippen LogP contribution in [0.15, 0.2) is 22.8 Å². The zero-order valence-electron chi connectivity index (χ0n) is 6.96. The third-order valence-electron chi connectivity index (χ3n) is 1.33. The summed E-state index contributed by atoms with van der Waals surface area (Å²) >= 11 is 0. The summed E-state index contributed by atoms with van der Waals surface area (Å²) in [5, 5.41) is 0. The van der Waals surface area contributed by atoms with E-state index in [4.69, 9.17) is 4.42 Å². The average Bonchev–Trinajstić information content (AvgIpc) is 2.49. The van der Waals surface area contributed by atoms with Crippen molar-refractivity contribution in [2.45, 2.75) is 19.8 Å². The van der Waals surface area contributed by atoms with Gasteiger partial charge in [0.1, 0.15) is 5.78 Å². The first kappa shape index (κ1) is 8.61. The van der Waals surface area contributed by atoms with Crippen molar-refractivity contribution in [1.82, 2.24) is 0 Å². The van der Waals surface area contributed by atoms with Crippen LogP contribution in [0.2, 0.25) is 0 Å². The molecule has 1 aromatic rings. The smallest absolute Gasteiger partial charge is 0.176 e. The molecule has 0 amide bonds. The van der Waals surface area contributed by atoms with E-state index in [0.29, 0.717) is 18.6 Å². The fourth-order valence-electron chi connectivity index (χ4n) is 0.738. The number of hydrogen-bond donors (Lipinski definition) is 0. The third kappa shape index (κ3) is 3.07. The Hall–Kier alpha value is -1.49. The second-order valence-electron chi connectivity index (χ2n) is 2.48. The Bertz CT molecular complexity index is 298. The van der Waals surface area contributed by atoms with Crippen LogP contribution >= 0.6 is 0 Å². The fourth-order valence-corrected chi connectivity index (χ4v) is 0.738. The van der Waals surface area contributed by atoms with E-state index in [1.165, 1.54) is 0 Å². The Morgan fingerprint density at radius 1 is 1.67 bits per heavy atom. The highest BCUT2D eigenvalue weighted by Gasteiger charge is 1.89. The molecule has 0 aliphatic heterocycles. The van der Waals surface area contributed by atoms with E-state index in [2.05, 4.69) is 11.8 Å². The molecule has 0 spiro atoms. The molecular formula is C10H10O2. The SMILES string of the molecule is CC(=O)CCC#Cc1ccco1. The Balaban J connectivity index is 2.35. The van der Waals surface area contributed by atoms with Gasteiger partial charge in [0.2, 0.25) is 0 Å². The number of rotatable bonds is 2. The first-order chi connectivity index (χ1) is 5.79. The lowest BCUT2D eigenvalue weighted by Crippen LogP contribution is -1.86. The monoisotopic (exact) mass is 162 g/mol. The van der Waals surface area contributed by atoms with Crippen molar-refractivity contribution >= 4 is 5.78 Å². The summed E-state index contributed by atoms with van der Waals surface area (Å²) in [5.41, 5.74) is 0. The van der Waals surface area contributed by atoms with Gasteiger partial charge in [0.15, 0.2) is 5.76 Å². The summed E-state index contributed by atoms with van der Waals surface area (Å²) in [6.45, 7) is 1.56. The molecule has 0 aliphatic carbocycles. The Labute approximate surface area is 71.6 Å². The minimum absolute atomic E-state index is 0.170. The Morgan fingerprint density at radius 3 is 3.08 bits per heavy atom. The predicted molar refractivity (Wildman–Crippen MR) is 45.5 cm³/mol. The first-order valence-electron chi connectivity index (χ1n) is 3.81. The normalized spacial score (nSPS) is 8.75. The molecular weight excluding hydrogens is 152 g/mol. The zero-order chi connectivity index (χ0) is 8.81. The van der Waals surface area contributed by atoms with Gasteiger partial charge in [0.05, 0.1) is 6.26 Å². The van der Waals surface area contributed by atoms with E-state index in [0.717, 1.165) is 0 Å². The largest absolute Gasteiger partial charge is 0.456 e. The van der Waals surface area contributed by atoms with E-state index in [1.807, 2.05) is 0 Å². The number of ketones is 1. The molecule has 0 aromatic carbocycles. The highest BCUT2D eigenvalue weighted by atomic mass is 16.3. The summed E-state index contributed by atoms with van der Waals surface area (Å²) in [4.78, 5) is 10.5. The summed E-state index contributed by atoms with van der Waals surface area (Å²) in [5.74, 6) is 6.49. The van der Waals surface area contributed by atoms with Crippen LogP contribution in [0, 0.1) is 11.8 Å². The second-order valence-corrected chi connectivity index (χ2v) is 2.48. The van der Waals surface area contributed by atoms with Gasteiger partial charge in [-0.25, -0.2) is 0 Å². The Morgan fingerprint density at radius 2 is 2.50 bits per heavy atom. The molecule has 0 radical (unpaired) electrons. The standard InChI is InChI=1S/C10H10O2/c1-9(11)5-2-3-6-10-7-4-8-12-10/h4,7-8H,2,5H2,1H3. The van der Waals surface area contributed by atoms with Crippen molar-refractivity contribution in [1.29, 1.82) is 0 Å². The van der Waals surface area contributed by atoms with Crippen LogP contribution in [-0.4, -0.2) is 5.78 Å². The lowest BCUT2D eigenvalue weighted by molar-refractivity contribution is -0.116. The van der Waals surface area contributed by atoms with E-state index < -0.39 is 0 Å². The topological polar surface area (TPSA) is 30.2 Å². The van der Waals surface area contributed by atoms with Crippen LogP contribution in [0.4, 0.5) is 0 Å². The summed E-state index contributed by atoms with van der Waals surface area (Å²) in [6, 6.07) is 3.58. The van der Waals surface area contributed by atoms with Gasteiger partial charge in [-0.3, -0.25) is 4.79 Å². The molecule has 0 saturated heterocycles. The van der Waals surface area contributed by atoms with Gasteiger partial charge >= 0.3 is 0 Å². The number of carbonyl (C=O) groups is 1. The van der Waals surface area contributed by atoms with E-state index in [1.54, 1.807) is 25.3 Å². The van der Waals surface area contributed by atoms with E-state index in [-0.39, 0.29) is 5.78 Å². The molecule has 2 heteroatoms. The van der Waals surface area contributed by atoms with Crippen molar-refractivity contribution < 1.29 is 9.21 Å². The molecule has 0 aliphatic rings. The summed E-state index contributed by atoms with van der Waals surface area (Å²) in [6.07, 6.45) is 2.71. The van der Waals surface area contributed by atoms with Crippen molar-refractivity contribution in [3.05, 3.63) is 24.2 Å². The lowest BCUT2D eigenvalue weighted by atomic mass is 10.2. The number of Topliss-reactive ketones (excluding diaryl/α,β-unsaturated/α-hetero) is 1. The number of furan rings is 1. The molecule has 0 fully saturated rings. The highest BCUT2D eigenvalue weighted by molar-refractivity contribution is 5.75. The van der Waals surface area contributed by atoms with Crippen LogP contribution in [-0.2, 0) is 4.79 Å². The van der Waals surface area contributed by atoms with E-state index in [9.17, 15) is 4.79 Å². The van der Waals surface area contributed by atoms with Crippen molar-refractivity contribution in [2.75, 3.05) is 0 Å². The van der Waals surface area contributed by atoms with E-state index >= 15 is 0 Å². The van der Waals surface area contributed by atoms with Gasteiger partial charge in [-0.2, -0.15) is 0 Å². The van der Waals surface area contributed by atoms with Crippen LogP contribution in [0.5, 0.6) is 0 Å². The van der Waals surface area contributed by atoms with Crippen LogP contribution < -0.4 is 0 Å². The van der Waals surface area contributed by atoms with Crippen molar-refractivity contribution in [3.8, 4) is 11.8 Å². The molecule has 1 heterocycles. The molecule has 0 N–H and O–H groups in total. The predicted octanol–water partition coefficient (Wildman–Crippen LogP) is 2.00. The Kier molecular flexibility index (Phi) is 3.16.